The molecule has 0 saturated carbocycles. The molecular formula is C16H24N2O. The lowest BCUT2D eigenvalue weighted by Gasteiger charge is -2.30. The minimum atomic E-state index is 0.0337. The van der Waals surface area contributed by atoms with Crippen LogP contribution in [0.1, 0.15) is 41.3 Å². The smallest absolute Gasteiger partial charge is 0.251 e. The summed E-state index contributed by atoms with van der Waals surface area (Å²) in [6.45, 7) is 8.07. The minimum Gasteiger partial charge on any atom is -0.350 e. The highest BCUT2D eigenvalue weighted by Crippen LogP contribution is 2.15. The molecule has 19 heavy (non-hydrogen) atoms. The third-order valence-corrected chi connectivity index (χ3v) is 3.90. The average molecular weight is 260 g/mol. The maximum Gasteiger partial charge on any atom is 0.251 e. The van der Waals surface area contributed by atoms with Crippen molar-refractivity contribution in [2.45, 2.75) is 39.7 Å². The Hall–Kier alpha value is -1.35. The van der Waals surface area contributed by atoms with E-state index in [0.29, 0.717) is 18.5 Å². The summed E-state index contributed by atoms with van der Waals surface area (Å²) in [5.74, 6) is 0.666. The molecule has 104 valence electrons. The Bertz CT molecular complexity index is 436. The van der Waals surface area contributed by atoms with E-state index in [1.807, 2.05) is 26.0 Å². The fourth-order valence-electron chi connectivity index (χ4n) is 2.80. The molecule has 2 rings (SSSR count). The Morgan fingerprint density at radius 3 is 2.63 bits per heavy atom. The van der Waals surface area contributed by atoms with Gasteiger partial charge in [0.15, 0.2) is 0 Å². The molecule has 3 heteroatoms. The molecule has 1 aromatic rings. The van der Waals surface area contributed by atoms with Crippen molar-refractivity contribution in [2.24, 2.45) is 5.92 Å². The normalized spacial score (nSPS) is 23.1. The van der Waals surface area contributed by atoms with Crippen molar-refractivity contribution in [3.05, 3.63) is 34.9 Å². The Morgan fingerprint density at radius 2 is 2.00 bits per heavy atom. The van der Waals surface area contributed by atoms with Gasteiger partial charge in [0.25, 0.3) is 5.91 Å². The van der Waals surface area contributed by atoms with Crippen LogP contribution < -0.4 is 10.6 Å². The molecule has 1 aromatic carbocycles. The molecule has 1 aliphatic heterocycles. The fourth-order valence-corrected chi connectivity index (χ4v) is 2.80. The topological polar surface area (TPSA) is 41.1 Å². The molecule has 2 unspecified atom stereocenters. The number of benzene rings is 1. The van der Waals surface area contributed by atoms with Crippen molar-refractivity contribution in [1.29, 1.82) is 0 Å². The van der Waals surface area contributed by atoms with Gasteiger partial charge in [-0.25, -0.2) is 0 Å². The maximum absolute atomic E-state index is 12.2. The van der Waals surface area contributed by atoms with Crippen LogP contribution >= 0.6 is 0 Å². The number of carbonyl (C=O) groups is 1. The first-order valence-electron chi connectivity index (χ1n) is 7.16. The summed E-state index contributed by atoms with van der Waals surface area (Å²) < 4.78 is 0. The molecule has 1 aliphatic rings. The largest absolute Gasteiger partial charge is 0.350 e. The van der Waals surface area contributed by atoms with Gasteiger partial charge in [0, 0.05) is 18.2 Å². The van der Waals surface area contributed by atoms with E-state index in [9.17, 15) is 4.79 Å². The Morgan fingerprint density at radius 1 is 1.32 bits per heavy atom. The van der Waals surface area contributed by atoms with Gasteiger partial charge < -0.3 is 10.6 Å². The van der Waals surface area contributed by atoms with Crippen LogP contribution in [0.15, 0.2) is 18.2 Å². The average Bonchev–Trinajstić information content (AvgIpc) is 2.36. The lowest BCUT2D eigenvalue weighted by Crippen LogP contribution is -2.47. The number of rotatable bonds is 3. The van der Waals surface area contributed by atoms with Gasteiger partial charge in [-0.05, 0) is 51.3 Å². The zero-order chi connectivity index (χ0) is 13.8. The number of aryl methyl sites for hydroxylation is 2. The van der Waals surface area contributed by atoms with Crippen molar-refractivity contribution in [3.8, 4) is 0 Å². The standard InChI is InChI=1S/C16H24N2O/c1-11-7-12(2)9-14(8-11)16(19)18-10-15-13(3)5-4-6-17-15/h7-9,13,15,17H,4-6,10H2,1-3H3,(H,18,19). The van der Waals surface area contributed by atoms with Gasteiger partial charge >= 0.3 is 0 Å². The van der Waals surface area contributed by atoms with Crippen molar-refractivity contribution in [1.82, 2.24) is 10.6 Å². The summed E-state index contributed by atoms with van der Waals surface area (Å²) in [5.41, 5.74) is 3.03. The molecule has 2 N–H and O–H groups in total. The molecule has 1 saturated heterocycles. The van der Waals surface area contributed by atoms with Gasteiger partial charge in [-0.1, -0.05) is 24.1 Å². The highest BCUT2D eigenvalue weighted by molar-refractivity contribution is 5.94. The Balaban J connectivity index is 1.93. The van der Waals surface area contributed by atoms with Crippen LogP contribution in [0.2, 0.25) is 0 Å². The first-order chi connectivity index (χ1) is 9.06. The van der Waals surface area contributed by atoms with Gasteiger partial charge in [0.05, 0.1) is 0 Å². The van der Waals surface area contributed by atoms with E-state index in [2.05, 4.69) is 23.6 Å². The molecule has 3 nitrogen and oxygen atoms in total. The highest BCUT2D eigenvalue weighted by Gasteiger charge is 2.21. The maximum atomic E-state index is 12.2. The molecule has 1 amide bonds. The molecule has 2 atom stereocenters. The van der Waals surface area contributed by atoms with Crippen LogP contribution in [-0.4, -0.2) is 25.0 Å². The van der Waals surface area contributed by atoms with Crippen LogP contribution in [0, 0.1) is 19.8 Å². The first-order valence-corrected chi connectivity index (χ1v) is 7.16. The fraction of sp³-hybridized carbons (Fsp3) is 0.562. The number of hydrogen-bond acceptors (Lipinski definition) is 2. The van der Waals surface area contributed by atoms with Crippen molar-refractivity contribution < 1.29 is 4.79 Å². The van der Waals surface area contributed by atoms with Crippen LogP contribution in [0.3, 0.4) is 0 Å². The molecule has 0 bridgehead atoms. The van der Waals surface area contributed by atoms with Gasteiger partial charge in [-0.2, -0.15) is 0 Å². The van der Waals surface area contributed by atoms with Crippen LogP contribution in [0.5, 0.6) is 0 Å². The van der Waals surface area contributed by atoms with Crippen LogP contribution in [0.4, 0.5) is 0 Å². The van der Waals surface area contributed by atoms with Crippen LogP contribution in [0.25, 0.3) is 0 Å². The number of hydrogen-bond donors (Lipinski definition) is 2. The van der Waals surface area contributed by atoms with Gasteiger partial charge in [-0.15, -0.1) is 0 Å². The first kappa shape index (κ1) is 14.1. The quantitative estimate of drug-likeness (QED) is 0.876. The molecule has 0 aromatic heterocycles. The second kappa shape index (κ2) is 6.20. The number of nitrogens with one attached hydrogen (secondary N) is 2. The predicted octanol–water partition coefficient (Wildman–Crippen LogP) is 2.42. The predicted molar refractivity (Wildman–Crippen MR) is 78.4 cm³/mol. The van der Waals surface area contributed by atoms with Gasteiger partial charge in [0.2, 0.25) is 0 Å². The van der Waals surface area contributed by atoms with Crippen molar-refractivity contribution in [2.75, 3.05) is 13.1 Å². The van der Waals surface area contributed by atoms with E-state index in [1.165, 1.54) is 12.8 Å². The second-order valence-corrected chi connectivity index (χ2v) is 5.77. The summed E-state index contributed by atoms with van der Waals surface area (Å²) >= 11 is 0. The third-order valence-electron chi connectivity index (χ3n) is 3.90. The van der Waals surface area contributed by atoms with Gasteiger partial charge in [0.1, 0.15) is 0 Å². The van der Waals surface area contributed by atoms with E-state index >= 15 is 0 Å². The molecule has 0 aliphatic carbocycles. The zero-order valence-corrected chi connectivity index (χ0v) is 12.1. The summed E-state index contributed by atoms with van der Waals surface area (Å²) in [6.07, 6.45) is 2.49. The molecule has 0 radical (unpaired) electrons. The lowest BCUT2D eigenvalue weighted by molar-refractivity contribution is 0.0943. The number of carbonyl (C=O) groups excluding carboxylic acids is 1. The summed E-state index contributed by atoms with van der Waals surface area (Å²) in [4.78, 5) is 12.2. The second-order valence-electron chi connectivity index (χ2n) is 5.77. The van der Waals surface area contributed by atoms with E-state index < -0.39 is 0 Å². The molecule has 0 spiro atoms. The number of piperidine rings is 1. The van der Waals surface area contributed by atoms with E-state index in [0.717, 1.165) is 23.2 Å². The summed E-state index contributed by atoms with van der Waals surface area (Å²) in [7, 11) is 0. The monoisotopic (exact) mass is 260 g/mol. The van der Waals surface area contributed by atoms with E-state index in [4.69, 9.17) is 0 Å². The zero-order valence-electron chi connectivity index (χ0n) is 12.1. The highest BCUT2D eigenvalue weighted by atomic mass is 16.1. The number of amides is 1. The SMILES string of the molecule is Cc1cc(C)cc(C(=O)NCC2NCCCC2C)c1. The Labute approximate surface area is 115 Å². The van der Waals surface area contributed by atoms with E-state index in [-0.39, 0.29) is 5.91 Å². The molecule has 1 fully saturated rings. The van der Waals surface area contributed by atoms with Crippen molar-refractivity contribution >= 4 is 5.91 Å². The van der Waals surface area contributed by atoms with E-state index in [1.54, 1.807) is 0 Å². The van der Waals surface area contributed by atoms with Crippen LogP contribution in [-0.2, 0) is 0 Å². The Kier molecular flexibility index (Phi) is 4.59. The summed E-state index contributed by atoms with van der Waals surface area (Å²) in [5, 5.41) is 6.54. The molecule has 1 heterocycles. The van der Waals surface area contributed by atoms with Crippen molar-refractivity contribution in [3.63, 3.8) is 0 Å². The molecular weight excluding hydrogens is 236 g/mol. The summed E-state index contributed by atoms with van der Waals surface area (Å²) in [6, 6.07) is 6.38. The minimum absolute atomic E-state index is 0.0337. The van der Waals surface area contributed by atoms with Gasteiger partial charge in [-0.3, -0.25) is 4.79 Å². The lowest BCUT2D eigenvalue weighted by atomic mass is 9.92. The third kappa shape index (κ3) is 3.80.